The summed E-state index contributed by atoms with van der Waals surface area (Å²) in [6.07, 6.45) is 7.36. The lowest BCUT2D eigenvalue weighted by molar-refractivity contribution is -0.0702. The van der Waals surface area contributed by atoms with Crippen LogP contribution >= 0.6 is 0 Å². The Labute approximate surface area is 94.6 Å². The van der Waals surface area contributed by atoms with Gasteiger partial charge in [0.05, 0.1) is 5.60 Å². The molecule has 0 bridgehead atoms. The first-order chi connectivity index (χ1) is 6.97. The number of rotatable bonds is 4. The lowest BCUT2D eigenvalue weighted by Gasteiger charge is -2.37. The van der Waals surface area contributed by atoms with E-state index in [2.05, 4.69) is 20.8 Å². The molecule has 1 aliphatic carbocycles. The lowest BCUT2D eigenvalue weighted by Crippen LogP contribution is -2.43. The Morgan fingerprint density at radius 3 is 2.20 bits per heavy atom. The van der Waals surface area contributed by atoms with E-state index >= 15 is 0 Å². The van der Waals surface area contributed by atoms with E-state index in [1.54, 1.807) is 0 Å². The number of hydrogen-bond acceptors (Lipinski definition) is 2. The Bertz CT molecular complexity index is 177. The van der Waals surface area contributed by atoms with Crippen molar-refractivity contribution in [2.45, 2.75) is 64.9 Å². The molecule has 0 aromatic rings. The zero-order valence-corrected chi connectivity index (χ0v) is 10.6. The molecule has 0 atom stereocenters. The van der Waals surface area contributed by atoms with Gasteiger partial charge >= 0.3 is 0 Å². The molecule has 0 saturated heterocycles. The van der Waals surface area contributed by atoms with Crippen LogP contribution in [0.15, 0.2) is 0 Å². The number of ether oxygens (including phenoxy) is 1. The molecule has 0 unspecified atom stereocenters. The van der Waals surface area contributed by atoms with Crippen molar-refractivity contribution in [2.75, 3.05) is 13.2 Å². The van der Waals surface area contributed by atoms with Gasteiger partial charge in [-0.15, -0.1) is 0 Å². The summed E-state index contributed by atoms with van der Waals surface area (Å²) in [5.41, 5.74) is 6.25. The van der Waals surface area contributed by atoms with Crippen LogP contribution in [0.3, 0.4) is 0 Å². The van der Waals surface area contributed by atoms with Gasteiger partial charge in [0.1, 0.15) is 0 Å². The highest BCUT2D eigenvalue weighted by Crippen LogP contribution is 2.31. The summed E-state index contributed by atoms with van der Waals surface area (Å²) >= 11 is 0. The van der Waals surface area contributed by atoms with Gasteiger partial charge in [-0.3, -0.25) is 0 Å². The van der Waals surface area contributed by atoms with Crippen LogP contribution in [0.25, 0.3) is 0 Å². The molecule has 0 amide bonds. The molecule has 2 heteroatoms. The zero-order chi connectivity index (χ0) is 11.4. The van der Waals surface area contributed by atoms with Crippen molar-refractivity contribution in [2.24, 2.45) is 11.1 Å². The van der Waals surface area contributed by atoms with Gasteiger partial charge in [-0.2, -0.15) is 0 Å². The van der Waals surface area contributed by atoms with Crippen molar-refractivity contribution in [3.05, 3.63) is 0 Å². The van der Waals surface area contributed by atoms with Gasteiger partial charge in [0, 0.05) is 13.2 Å². The van der Waals surface area contributed by atoms with Gasteiger partial charge in [0.15, 0.2) is 0 Å². The molecule has 90 valence electrons. The van der Waals surface area contributed by atoms with Gasteiger partial charge in [0.2, 0.25) is 0 Å². The van der Waals surface area contributed by atoms with Crippen LogP contribution in [0.5, 0.6) is 0 Å². The molecule has 0 aliphatic heterocycles. The van der Waals surface area contributed by atoms with Gasteiger partial charge in [-0.1, -0.05) is 40.0 Å². The topological polar surface area (TPSA) is 35.2 Å². The Balaban J connectivity index is 2.33. The van der Waals surface area contributed by atoms with Crippen LogP contribution in [0.4, 0.5) is 0 Å². The second kappa shape index (κ2) is 5.31. The zero-order valence-electron chi connectivity index (χ0n) is 10.6. The summed E-state index contributed by atoms with van der Waals surface area (Å²) in [4.78, 5) is 0. The third kappa shape index (κ3) is 4.52. The normalized spacial score (nSPS) is 21.6. The maximum atomic E-state index is 6.07. The summed E-state index contributed by atoms with van der Waals surface area (Å²) in [5, 5.41) is 0. The molecule has 1 aliphatic rings. The second-order valence-corrected chi connectivity index (χ2v) is 6.11. The Morgan fingerprint density at radius 2 is 1.73 bits per heavy atom. The molecule has 0 spiro atoms. The van der Waals surface area contributed by atoms with E-state index in [1.807, 2.05) is 0 Å². The first-order valence-electron chi connectivity index (χ1n) is 6.32. The Morgan fingerprint density at radius 1 is 1.13 bits per heavy atom. The summed E-state index contributed by atoms with van der Waals surface area (Å²) in [6.45, 7) is 8.32. The maximum absolute atomic E-state index is 6.07. The van der Waals surface area contributed by atoms with Crippen LogP contribution in [-0.2, 0) is 4.74 Å². The number of hydrogen-bond donors (Lipinski definition) is 1. The van der Waals surface area contributed by atoms with Crippen molar-refractivity contribution < 1.29 is 4.74 Å². The molecule has 1 fully saturated rings. The van der Waals surface area contributed by atoms with E-state index in [0.717, 1.165) is 25.9 Å². The minimum Gasteiger partial charge on any atom is -0.374 e. The summed E-state index contributed by atoms with van der Waals surface area (Å²) in [7, 11) is 0. The molecule has 0 radical (unpaired) electrons. The van der Waals surface area contributed by atoms with Crippen molar-refractivity contribution in [3.63, 3.8) is 0 Å². The van der Waals surface area contributed by atoms with Crippen molar-refractivity contribution >= 4 is 0 Å². The van der Waals surface area contributed by atoms with Crippen LogP contribution in [0, 0.1) is 5.41 Å². The monoisotopic (exact) mass is 213 g/mol. The van der Waals surface area contributed by atoms with Crippen molar-refractivity contribution in [1.82, 2.24) is 0 Å². The summed E-state index contributed by atoms with van der Waals surface area (Å²) in [5.74, 6) is 0. The first-order valence-corrected chi connectivity index (χ1v) is 6.32. The standard InChI is InChI=1S/C13H27NO/c1-12(2,3)9-10-15-13(11-14)7-5-4-6-8-13/h4-11,14H2,1-3H3. The molecular weight excluding hydrogens is 186 g/mol. The SMILES string of the molecule is CC(C)(C)CCOC1(CN)CCCCC1. The molecule has 2 nitrogen and oxygen atoms in total. The maximum Gasteiger partial charge on any atom is 0.0804 e. The Kier molecular flexibility index (Phi) is 4.60. The minimum absolute atomic E-state index is 0.0174. The second-order valence-electron chi connectivity index (χ2n) is 6.11. The van der Waals surface area contributed by atoms with E-state index < -0.39 is 0 Å². The van der Waals surface area contributed by atoms with Crippen LogP contribution in [0.1, 0.15) is 59.3 Å². The van der Waals surface area contributed by atoms with E-state index in [-0.39, 0.29) is 5.60 Å². The number of nitrogens with two attached hydrogens (primary N) is 1. The molecule has 1 rings (SSSR count). The smallest absolute Gasteiger partial charge is 0.0804 e. The van der Waals surface area contributed by atoms with Gasteiger partial charge in [0.25, 0.3) is 0 Å². The fourth-order valence-electron chi connectivity index (χ4n) is 2.18. The summed E-state index contributed by atoms with van der Waals surface area (Å²) < 4.78 is 6.07. The van der Waals surface area contributed by atoms with E-state index in [9.17, 15) is 0 Å². The van der Waals surface area contributed by atoms with E-state index in [4.69, 9.17) is 10.5 Å². The minimum atomic E-state index is 0.0174. The van der Waals surface area contributed by atoms with Crippen LogP contribution in [0.2, 0.25) is 0 Å². The predicted octanol–water partition coefficient (Wildman–Crippen LogP) is 3.10. The summed E-state index contributed by atoms with van der Waals surface area (Å²) in [6, 6.07) is 0. The average molecular weight is 213 g/mol. The fourth-order valence-corrected chi connectivity index (χ4v) is 2.18. The highest BCUT2D eigenvalue weighted by molar-refractivity contribution is 4.85. The van der Waals surface area contributed by atoms with Gasteiger partial charge < -0.3 is 10.5 Å². The van der Waals surface area contributed by atoms with E-state index in [0.29, 0.717) is 12.0 Å². The highest BCUT2D eigenvalue weighted by Gasteiger charge is 2.31. The molecule has 1 saturated carbocycles. The average Bonchev–Trinajstić information content (AvgIpc) is 2.17. The quantitative estimate of drug-likeness (QED) is 0.779. The van der Waals surface area contributed by atoms with Crippen molar-refractivity contribution in [1.29, 1.82) is 0 Å². The lowest BCUT2D eigenvalue weighted by atomic mass is 9.84. The van der Waals surface area contributed by atoms with Crippen LogP contribution in [-0.4, -0.2) is 18.8 Å². The first kappa shape index (κ1) is 13.0. The highest BCUT2D eigenvalue weighted by atomic mass is 16.5. The Hall–Kier alpha value is -0.0800. The molecular formula is C13H27NO. The third-order valence-corrected chi connectivity index (χ3v) is 3.40. The predicted molar refractivity (Wildman–Crippen MR) is 64.9 cm³/mol. The molecule has 2 N–H and O–H groups in total. The van der Waals surface area contributed by atoms with Crippen LogP contribution < -0.4 is 5.73 Å². The molecule has 0 aromatic carbocycles. The molecule has 0 aromatic heterocycles. The van der Waals surface area contributed by atoms with Gasteiger partial charge in [-0.05, 0) is 24.7 Å². The largest absolute Gasteiger partial charge is 0.374 e. The molecule has 0 heterocycles. The van der Waals surface area contributed by atoms with E-state index in [1.165, 1.54) is 19.3 Å². The fraction of sp³-hybridized carbons (Fsp3) is 1.00. The third-order valence-electron chi connectivity index (χ3n) is 3.40. The van der Waals surface area contributed by atoms with Gasteiger partial charge in [-0.25, -0.2) is 0 Å². The van der Waals surface area contributed by atoms with Crippen molar-refractivity contribution in [3.8, 4) is 0 Å². The molecule has 15 heavy (non-hydrogen) atoms.